The highest BCUT2D eigenvalue weighted by Crippen LogP contribution is 2.24. The smallest absolute Gasteiger partial charge is 0.122 e. The van der Waals surface area contributed by atoms with Gasteiger partial charge in [0.05, 0.1) is 23.9 Å². The summed E-state index contributed by atoms with van der Waals surface area (Å²) in [6, 6.07) is 11.5. The summed E-state index contributed by atoms with van der Waals surface area (Å²) in [6.07, 6.45) is 1.86. The van der Waals surface area contributed by atoms with Gasteiger partial charge >= 0.3 is 0 Å². The number of halogens is 1. The fourth-order valence-electron chi connectivity index (χ4n) is 2.15. The number of benzene rings is 2. The summed E-state index contributed by atoms with van der Waals surface area (Å²) in [5.74, 6) is 1.70. The Hall–Kier alpha value is -1.87. The summed E-state index contributed by atoms with van der Waals surface area (Å²) in [5, 5.41) is 0.550. The van der Waals surface area contributed by atoms with E-state index in [9.17, 15) is 0 Å². The van der Waals surface area contributed by atoms with E-state index in [-0.39, 0.29) is 0 Å². The van der Waals surface area contributed by atoms with Crippen LogP contribution in [0.1, 0.15) is 24.0 Å². The van der Waals surface area contributed by atoms with Crippen molar-refractivity contribution in [1.82, 2.24) is 0 Å². The molecule has 0 bridgehead atoms. The van der Waals surface area contributed by atoms with Crippen LogP contribution in [-0.4, -0.2) is 13.2 Å². The third-order valence-corrected chi connectivity index (χ3v) is 3.71. The molecule has 2 rings (SSSR count). The van der Waals surface area contributed by atoms with Gasteiger partial charge < -0.3 is 15.2 Å². The fourth-order valence-corrected chi connectivity index (χ4v) is 2.27. The average Bonchev–Trinajstić information content (AvgIpc) is 2.48. The lowest BCUT2D eigenvalue weighted by atomic mass is 10.1. The first-order valence-electron chi connectivity index (χ1n) is 7.44. The summed E-state index contributed by atoms with van der Waals surface area (Å²) in [5.41, 5.74) is 8.69. The Kier molecular flexibility index (Phi) is 5.96. The molecule has 0 saturated carbocycles. The van der Waals surface area contributed by atoms with Crippen molar-refractivity contribution in [3.8, 4) is 11.5 Å². The van der Waals surface area contributed by atoms with Crippen LogP contribution in [0.15, 0.2) is 36.4 Å². The second kappa shape index (κ2) is 7.95. The zero-order chi connectivity index (χ0) is 15.9. The second-order valence-corrected chi connectivity index (χ2v) is 5.76. The fraction of sp³-hybridized carbons (Fsp3) is 0.333. The van der Waals surface area contributed by atoms with Gasteiger partial charge in [0.25, 0.3) is 0 Å². The molecule has 0 aliphatic carbocycles. The first kappa shape index (κ1) is 16.5. The highest BCUT2D eigenvalue weighted by molar-refractivity contribution is 6.33. The predicted octanol–water partition coefficient (Wildman–Crippen LogP) is 4.78. The van der Waals surface area contributed by atoms with E-state index in [0.717, 1.165) is 24.3 Å². The van der Waals surface area contributed by atoms with E-state index in [4.69, 9.17) is 26.8 Å². The second-order valence-electron chi connectivity index (χ2n) is 5.36. The Balaban J connectivity index is 1.66. The highest BCUT2D eigenvalue weighted by Gasteiger charge is 2.01. The Morgan fingerprint density at radius 2 is 1.68 bits per heavy atom. The summed E-state index contributed by atoms with van der Waals surface area (Å²) in [6.45, 7) is 5.47. The molecule has 0 aliphatic rings. The minimum Gasteiger partial charge on any atom is -0.494 e. The van der Waals surface area contributed by atoms with E-state index >= 15 is 0 Å². The molecule has 0 spiro atoms. The molecule has 0 atom stereocenters. The van der Waals surface area contributed by atoms with E-state index in [1.54, 1.807) is 12.1 Å². The number of ether oxygens (including phenoxy) is 2. The van der Waals surface area contributed by atoms with Crippen molar-refractivity contribution in [2.75, 3.05) is 18.9 Å². The molecule has 0 heterocycles. The van der Waals surface area contributed by atoms with Crippen LogP contribution < -0.4 is 15.2 Å². The number of nitrogen functional groups attached to an aromatic ring is 1. The summed E-state index contributed by atoms with van der Waals surface area (Å²) < 4.78 is 11.4. The Labute approximate surface area is 137 Å². The predicted molar refractivity (Wildman–Crippen MR) is 92.0 cm³/mol. The van der Waals surface area contributed by atoms with Crippen LogP contribution in [0.5, 0.6) is 11.5 Å². The largest absolute Gasteiger partial charge is 0.494 e. The van der Waals surface area contributed by atoms with Crippen molar-refractivity contribution in [2.45, 2.75) is 26.7 Å². The minimum atomic E-state index is 0.539. The van der Waals surface area contributed by atoms with Crippen LogP contribution in [-0.2, 0) is 0 Å². The lowest BCUT2D eigenvalue weighted by Crippen LogP contribution is -2.03. The van der Waals surface area contributed by atoms with Gasteiger partial charge in [-0.15, -0.1) is 0 Å². The summed E-state index contributed by atoms with van der Waals surface area (Å²) >= 11 is 5.87. The zero-order valence-electron chi connectivity index (χ0n) is 13.1. The Morgan fingerprint density at radius 3 is 2.36 bits per heavy atom. The highest BCUT2D eigenvalue weighted by atomic mass is 35.5. The van der Waals surface area contributed by atoms with Gasteiger partial charge in [0.1, 0.15) is 11.5 Å². The molecule has 0 aromatic heterocycles. The van der Waals surface area contributed by atoms with E-state index in [2.05, 4.69) is 26.0 Å². The maximum absolute atomic E-state index is 5.87. The normalized spacial score (nSPS) is 10.5. The van der Waals surface area contributed by atoms with Gasteiger partial charge in [-0.3, -0.25) is 0 Å². The van der Waals surface area contributed by atoms with Gasteiger partial charge in [0.2, 0.25) is 0 Å². The molecule has 0 fully saturated rings. The van der Waals surface area contributed by atoms with Crippen molar-refractivity contribution < 1.29 is 9.47 Å². The molecular weight excluding hydrogens is 298 g/mol. The van der Waals surface area contributed by atoms with Crippen molar-refractivity contribution in [1.29, 1.82) is 0 Å². The molecule has 3 nitrogen and oxygen atoms in total. The number of hydrogen-bond donors (Lipinski definition) is 1. The average molecular weight is 320 g/mol. The van der Waals surface area contributed by atoms with Crippen molar-refractivity contribution in [2.24, 2.45) is 0 Å². The molecule has 0 unspecified atom stereocenters. The molecule has 0 amide bonds. The molecular formula is C18H22ClNO2. The molecule has 0 radical (unpaired) electrons. The topological polar surface area (TPSA) is 44.5 Å². The van der Waals surface area contributed by atoms with Crippen LogP contribution >= 0.6 is 11.6 Å². The van der Waals surface area contributed by atoms with Crippen LogP contribution in [0.25, 0.3) is 0 Å². The number of rotatable bonds is 7. The maximum atomic E-state index is 5.87. The summed E-state index contributed by atoms with van der Waals surface area (Å²) in [7, 11) is 0. The molecule has 22 heavy (non-hydrogen) atoms. The maximum Gasteiger partial charge on any atom is 0.122 e. The van der Waals surface area contributed by atoms with Gasteiger partial charge in [0.15, 0.2) is 0 Å². The number of aryl methyl sites for hydroxylation is 2. The third kappa shape index (κ3) is 4.85. The first-order chi connectivity index (χ1) is 10.6. The number of anilines is 1. The monoisotopic (exact) mass is 319 g/mol. The van der Waals surface area contributed by atoms with Crippen LogP contribution in [0, 0.1) is 13.8 Å². The molecule has 0 aliphatic heterocycles. The van der Waals surface area contributed by atoms with Gasteiger partial charge in [-0.25, -0.2) is 0 Å². The van der Waals surface area contributed by atoms with Crippen LogP contribution in [0.4, 0.5) is 5.69 Å². The Morgan fingerprint density at radius 1 is 0.955 bits per heavy atom. The third-order valence-electron chi connectivity index (χ3n) is 3.36. The van der Waals surface area contributed by atoms with Crippen LogP contribution in [0.2, 0.25) is 5.02 Å². The van der Waals surface area contributed by atoms with Gasteiger partial charge in [-0.2, -0.15) is 0 Å². The van der Waals surface area contributed by atoms with Crippen molar-refractivity contribution >= 4 is 17.3 Å². The lowest BCUT2D eigenvalue weighted by Gasteiger charge is -2.10. The van der Waals surface area contributed by atoms with Crippen LogP contribution in [0.3, 0.4) is 0 Å². The molecule has 118 valence electrons. The van der Waals surface area contributed by atoms with E-state index in [0.29, 0.717) is 23.9 Å². The van der Waals surface area contributed by atoms with E-state index < -0.39 is 0 Å². The zero-order valence-corrected chi connectivity index (χ0v) is 13.8. The molecule has 2 aromatic rings. The number of nitrogens with two attached hydrogens (primary N) is 1. The van der Waals surface area contributed by atoms with E-state index in [1.165, 1.54) is 11.1 Å². The summed E-state index contributed by atoms with van der Waals surface area (Å²) in [4.78, 5) is 0. The van der Waals surface area contributed by atoms with Gasteiger partial charge in [-0.1, -0.05) is 29.3 Å². The van der Waals surface area contributed by atoms with Gasteiger partial charge in [-0.05, 0) is 50.5 Å². The Bertz CT molecular complexity index is 628. The quantitative estimate of drug-likeness (QED) is 0.590. The molecule has 2 N–H and O–H groups in total. The number of hydrogen-bond acceptors (Lipinski definition) is 3. The molecule has 4 heteroatoms. The SMILES string of the molecule is Cc1ccc(OCCCCOc2ccc(Cl)c(N)c2)c(C)c1. The van der Waals surface area contributed by atoms with Crippen molar-refractivity contribution in [3.63, 3.8) is 0 Å². The lowest BCUT2D eigenvalue weighted by molar-refractivity contribution is 0.265. The number of unbranched alkanes of at least 4 members (excludes halogenated alkanes) is 1. The molecule has 2 aromatic carbocycles. The first-order valence-corrected chi connectivity index (χ1v) is 7.82. The molecule has 0 saturated heterocycles. The minimum absolute atomic E-state index is 0.539. The van der Waals surface area contributed by atoms with Crippen molar-refractivity contribution in [3.05, 3.63) is 52.5 Å². The van der Waals surface area contributed by atoms with Gasteiger partial charge in [0, 0.05) is 6.07 Å². The van der Waals surface area contributed by atoms with E-state index in [1.807, 2.05) is 12.1 Å². The standard InChI is InChI=1S/C18H22ClNO2/c1-13-5-8-18(14(2)11-13)22-10-4-3-9-21-15-6-7-16(19)17(20)12-15/h5-8,11-12H,3-4,9-10,20H2,1-2H3.